The van der Waals surface area contributed by atoms with E-state index < -0.39 is 19.8 Å². The Bertz CT molecular complexity index is 78.6. The van der Waals surface area contributed by atoms with Crippen LogP contribution in [0.5, 0.6) is 0 Å². The van der Waals surface area contributed by atoms with Crippen LogP contribution in [0.1, 0.15) is 19.8 Å². The number of rotatable bonds is 3. The number of carbonyl (C=O) groups excluding carboxylic acids is 1. The molecule has 0 aliphatic heterocycles. The van der Waals surface area contributed by atoms with Crippen molar-refractivity contribution in [1.82, 2.24) is 0 Å². The van der Waals surface area contributed by atoms with Gasteiger partial charge < -0.3 is 0 Å². The van der Waals surface area contributed by atoms with Crippen LogP contribution in [0.4, 0.5) is 0 Å². The second kappa shape index (κ2) is 4.36. The average molecular weight is 221 g/mol. The third kappa shape index (κ3) is 3.47. The van der Waals surface area contributed by atoms with E-state index in [1.807, 2.05) is 0 Å². The molecule has 0 N–H and O–H groups in total. The number of hydrogen-bond donors (Lipinski definition) is 0. The van der Waals surface area contributed by atoms with Crippen molar-refractivity contribution in [2.75, 3.05) is 0 Å². The molecule has 0 atom stereocenters. The van der Waals surface area contributed by atoms with Crippen LogP contribution in [-0.4, -0.2) is 23.6 Å². The first kappa shape index (κ1) is 8.47. The molecule has 0 unspecified atom stereocenters. The van der Waals surface area contributed by atoms with E-state index in [2.05, 4.69) is 16.8 Å². The van der Waals surface area contributed by atoms with Crippen molar-refractivity contribution in [2.24, 2.45) is 0 Å². The summed E-state index contributed by atoms with van der Waals surface area (Å²) in [5.74, 6) is 0. The fourth-order valence-electron chi connectivity index (χ4n) is 0.535. The van der Waals surface area contributed by atoms with Crippen LogP contribution < -0.4 is 0 Å². The van der Waals surface area contributed by atoms with E-state index in [9.17, 15) is 4.79 Å². The predicted molar refractivity (Wildman–Crippen MR) is 38.8 cm³/mol. The van der Waals surface area contributed by atoms with Crippen LogP contribution in [0.25, 0.3) is 0 Å². The molecule has 0 fully saturated rings. The molecule has 48 valence electrons. The van der Waals surface area contributed by atoms with Gasteiger partial charge in [0.1, 0.15) is 0 Å². The van der Waals surface area contributed by atoms with Crippen LogP contribution >= 0.6 is 0 Å². The predicted octanol–water partition coefficient (Wildman–Crippen LogP) is 1.38. The van der Waals surface area contributed by atoms with Gasteiger partial charge in [0.15, 0.2) is 0 Å². The second-order valence-electron chi connectivity index (χ2n) is 2.37. The van der Waals surface area contributed by atoms with Gasteiger partial charge in [0.05, 0.1) is 0 Å². The van der Waals surface area contributed by atoms with Gasteiger partial charge in [-0.1, -0.05) is 0 Å². The Morgan fingerprint density at radius 1 is 1.50 bits per heavy atom. The molecule has 2 heteroatoms. The molecule has 0 saturated carbocycles. The zero-order valence-electron chi connectivity index (χ0n) is 5.90. The first-order chi connectivity index (χ1) is 3.68. The first-order valence-corrected chi connectivity index (χ1v) is 11.4. The van der Waals surface area contributed by atoms with Crippen LogP contribution in [0.15, 0.2) is 0 Å². The summed E-state index contributed by atoms with van der Waals surface area (Å²) in [5.41, 5.74) is 0. The summed E-state index contributed by atoms with van der Waals surface area (Å²) >= 11 is -1.51. The molecule has 0 amide bonds. The monoisotopic (exact) mass is 222 g/mol. The van der Waals surface area contributed by atoms with E-state index >= 15 is 0 Å². The van der Waals surface area contributed by atoms with Crippen LogP contribution in [0.3, 0.4) is 0 Å². The van der Waals surface area contributed by atoms with Crippen LogP contribution in [0.2, 0.25) is 9.88 Å². The fourth-order valence-corrected chi connectivity index (χ4v) is 3.01. The molecular formula is C6H14OSn. The van der Waals surface area contributed by atoms with Gasteiger partial charge in [-0.15, -0.1) is 0 Å². The Balaban J connectivity index is 3.33. The maximum atomic E-state index is 10.8. The molecule has 0 radical (unpaired) electrons. The summed E-state index contributed by atoms with van der Waals surface area (Å²) in [6.07, 6.45) is 1.88. The standard InChI is InChI=1S/C4H7O.2CH3.Sn.H/c1-2-3-4-5;;;;/h2-3H2,1H3;2*1H3;;. The fraction of sp³-hybridized carbons (Fsp3) is 0.833. The van der Waals surface area contributed by atoms with Gasteiger partial charge in [0.2, 0.25) is 0 Å². The number of carbonyl (C=O) groups is 1. The SMILES string of the molecule is CCC[C](=O)[SnH]([CH3])[CH3]. The Morgan fingerprint density at radius 3 is 2.12 bits per heavy atom. The van der Waals surface area contributed by atoms with E-state index in [0.29, 0.717) is 3.80 Å². The second-order valence-corrected chi connectivity index (χ2v) is 10.8. The molecule has 1 nitrogen and oxygen atoms in total. The molecule has 0 aliphatic rings. The van der Waals surface area contributed by atoms with Crippen molar-refractivity contribution >= 4 is 23.6 Å². The molecule has 0 bridgehead atoms. The summed E-state index contributed by atoms with van der Waals surface area (Å²) < 4.78 is 0.592. The average Bonchev–Trinajstić information content (AvgIpc) is 1.67. The van der Waals surface area contributed by atoms with E-state index in [-0.39, 0.29) is 0 Å². The molecule has 0 spiro atoms. The summed E-state index contributed by atoms with van der Waals surface area (Å²) in [6.45, 7) is 2.06. The van der Waals surface area contributed by atoms with E-state index in [1.54, 1.807) is 0 Å². The van der Waals surface area contributed by atoms with Gasteiger partial charge in [-0.25, -0.2) is 0 Å². The van der Waals surface area contributed by atoms with Crippen molar-refractivity contribution in [3.05, 3.63) is 0 Å². The third-order valence-electron chi connectivity index (χ3n) is 1.14. The summed E-state index contributed by atoms with van der Waals surface area (Å²) in [7, 11) is 0. The Labute approximate surface area is 58.2 Å². The maximum absolute atomic E-state index is 10.8. The Hall–Kier alpha value is 0.469. The molecular weight excluding hydrogens is 207 g/mol. The molecule has 0 aromatic rings. The molecule has 8 heavy (non-hydrogen) atoms. The van der Waals surface area contributed by atoms with Gasteiger partial charge in [-0.2, -0.15) is 0 Å². The zero-order valence-corrected chi connectivity index (χ0v) is 9.20. The summed E-state index contributed by atoms with van der Waals surface area (Å²) in [6, 6.07) is 0. The minimum absolute atomic E-state index is 0.592. The molecule has 0 rings (SSSR count). The Kier molecular flexibility index (Phi) is 4.61. The topological polar surface area (TPSA) is 17.1 Å². The van der Waals surface area contributed by atoms with E-state index in [4.69, 9.17) is 0 Å². The Morgan fingerprint density at radius 2 is 2.00 bits per heavy atom. The molecule has 0 aromatic heterocycles. The van der Waals surface area contributed by atoms with Gasteiger partial charge in [0, 0.05) is 0 Å². The van der Waals surface area contributed by atoms with Crippen LogP contribution in [-0.2, 0) is 4.79 Å². The van der Waals surface area contributed by atoms with Gasteiger partial charge in [-0.05, 0) is 0 Å². The summed E-state index contributed by atoms with van der Waals surface area (Å²) in [5, 5.41) is 0. The van der Waals surface area contributed by atoms with E-state index in [0.717, 1.165) is 12.8 Å². The van der Waals surface area contributed by atoms with Gasteiger partial charge in [-0.3, -0.25) is 0 Å². The van der Waals surface area contributed by atoms with Crippen molar-refractivity contribution in [1.29, 1.82) is 0 Å². The van der Waals surface area contributed by atoms with Crippen molar-refractivity contribution < 1.29 is 4.79 Å². The normalized spacial score (nSPS) is 10.0. The first-order valence-electron chi connectivity index (χ1n) is 3.21. The minimum atomic E-state index is -1.51. The van der Waals surface area contributed by atoms with Crippen molar-refractivity contribution in [3.63, 3.8) is 0 Å². The molecule has 0 aromatic carbocycles. The molecule has 0 heterocycles. The molecule has 0 saturated heterocycles. The molecule has 0 aliphatic carbocycles. The zero-order chi connectivity index (χ0) is 6.57. The third-order valence-corrected chi connectivity index (χ3v) is 5.64. The summed E-state index contributed by atoms with van der Waals surface area (Å²) in [4.78, 5) is 15.1. The van der Waals surface area contributed by atoms with Crippen molar-refractivity contribution in [3.8, 4) is 0 Å². The quantitative estimate of drug-likeness (QED) is 0.658. The van der Waals surface area contributed by atoms with Crippen molar-refractivity contribution in [2.45, 2.75) is 29.6 Å². The number of hydrogen-bond acceptors (Lipinski definition) is 1. The van der Waals surface area contributed by atoms with E-state index in [1.165, 1.54) is 0 Å². The van der Waals surface area contributed by atoms with Crippen LogP contribution in [0, 0.1) is 0 Å². The van der Waals surface area contributed by atoms with Gasteiger partial charge in [0.25, 0.3) is 0 Å². The van der Waals surface area contributed by atoms with Gasteiger partial charge >= 0.3 is 58.0 Å².